The van der Waals surface area contributed by atoms with E-state index in [4.69, 9.17) is 27.9 Å². The first-order valence-electron chi connectivity index (χ1n) is 6.13. The molecule has 104 valence electrons. The molecule has 0 saturated carbocycles. The van der Waals surface area contributed by atoms with Crippen LogP contribution in [0.4, 0.5) is 0 Å². The van der Waals surface area contributed by atoms with E-state index in [0.717, 1.165) is 15.6 Å². The van der Waals surface area contributed by atoms with Crippen molar-refractivity contribution in [2.24, 2.45) is 0 Å². The van der Waals surface area contributed by atoms with Crippen molar-refractivity contribution >= 4 is 39.1 Å². The van der Waals surface area contributed by atoms with Crippen LogP contribution in [-0.2, 0) is 0 Å². The fraction of sp³-hybridized carbons (Fsp3) is 0.200. The van der Waals surface area contributed by atoms with E-state index in [1.54, 1.807) is 18.2 Å². The molecule has 1 aliphatic rings. The second kappa shape index (κ2) is 5.57. The molecule has 1 N–H and O–H groups in total. The third-order valence-electron chi connectivity index (χ3n) is 3.34. The minimum Gasteiger partial charge on any atom is -0.485 e. The summed E-state index contributed by atoms with van der Waals surface area (Å²) >= 11 is 15.6. The molecule has 1 unspecified atom stereocenters. The quantitative estimate of drug-likeness (QED) is 0.733. The van der Waals surface area contributed by atoms with Crippen molar-refractivity contribution in [3.63, 3.8) is 0 Å². The van der Waals surface area contributed by atoms with E-state index in [1.165, 1.54) is 0 Å². The average Bonchev–Trinajstić information content (AvgIpc) is 2.42. The van der Waals surface area contributed by atoms with E-state index in [0.29, 0.717) is 22.2 Å². The second-order valence-electron chi connectivity index (χ2n) is 4.71. The third kappa shape index (κ3) is 2.68. The molecule has 2 nitrogen and oxygen atoms in total. The Bertz CT molecular complexity index is 660. The van der Waals surface area contributed by atoms with Crippen LogP contribution in [-0.4, -0.2) is 5.11 Å². The lowest BCUT2D eigenvalue weighted by molar-refractivity contribution is 0.0658. The highest BCUT2D eigenvalue weighted by atomic mass is 79.9. The Balaban J connectivity index is 1.99. The molecule has 20 heavy (non-hydrogen) atoms. The normalized spacial score (nSPS) is 21.2. The summed E-state index contributed by atoms with van der Waals surface area (Å²) in [4.78, 5) is 0. The van der Waals surface area contributed by atoms with Gasteiger partial charge in [0.25, 0.3) is 0 Å². The summed E-state index contributed by atoms with van der Waals surface area (Å²) in [6, 6.07) is 10.9. The van der Waals surface area contributed by atoms with Crippen molar-refractivity contribution < 1.29 is 9.84 Å². The Hall–Kier alpha value is -0.740. The first kappa shape index (κ1) is 14.2. The number of aliphatic hydroxyl groups excluding tert-OH is 1. The zero-order valence-electron chi connectivity index (χ0n) is 10.3. The van der Waals surface area contributed by atoms with Gasteiger partial charge in [-0.2, -0.15) is 0 Å². The topological polar surface area (TPSA) is 29.5 Å². The van der Waals surface area contributed by atoms with Crippen LogP contribution >= 0.6 is 39.1 Å². The minimum absolute atomic E-state index is 0.274. The largest absolute Gasteiger partial charge is 0.485 e. The second-order valence-corrected chi connectivity index (χ2v) is 6.47. The molecule has 0 spiro atoms. The Morgan fingerprint density at radius 1 is 1.10 bits per heavy atom. The summed E-state index contributed by atoms with van der Waals surface area (Å²) in [5, 5.41) is 11.5. The van der Waals surface area contributed by atoms with Crippen molar-refractivity contribution in [2.45, 2.75) is 18.6 Å². The van der Waals surface area contributed by atoms with E-state index < -0.39 is 6.10 Å². The number of fused-ring (bicyclic) bond motifs is 1. The van der Waals surface area contributed by atoms with Gasteiger partial charge in [0, 0.05) is 32.1 Å². The SMILES string of the molecule is O[C@@H]1CC(c2cc(Br)ccc2Cl)Oc2ccc(Cl)cc21. The summed E-state index contributed by atoms with van der Waals surface area (Å²) in [6.07, 6.45) is -0.440. The van der Waals surface area contributed by atoms with Crippen LogP contribution in [0.5, 0.6) is 5.75 Å². The van der Waals surface area contributed by atoms with Gasteiger partial charge < -0.3 is 9.84 Å². The molecular formula is C15H11BrCl2O2. The molecule has 1 heterocycles. The fourth-order valence-electron chi connectivity index (χ4n) is 2.37. The minimum atomic E-state index is -0.613. The Labute approximate surface area is 135 Å². The van der Waals surface area contributed by atoms with Gasteiger partial charge in [-0.3, -0.25) is 0 Å². The molecule has 3 rings (SSSR count). The molecule has 1 aliphatic heterocycles. The Kier molecular flexibility index (Phi) is 3.95. The van der Waals surface area contributed by atoms with Gasteiger partial charge in [0.05, 0.1) is 6.10 Å². The van der Waals surface area contributed by atoms with E-state index in [2.05, 4.69) is 15.9 Å². The lowest BCUT2D eigenvalue weighted by Crippen LogP contribution is -2.19. The fourth-order valence-corrected chi connectivity index (χ4v) is 3.17. The van der Waals surface area contributed by atoms with Crippen molar-refractivity contribution in [3.8, 4) is 5.75 Å². The summed E-state index contributed by atoms with van der Waals surface area (Å²) in [5.74, 6) is 0.647. The number of benzene rings is 2. The third-order valence-corrected chi connectivity index (χ3v) is 4.41. The molecule has 0 aliphatic carbocycles. The van der Waals surface area contributed by atoms with Crippen LogP contribution in [0.1, 0.15) is 29.8 Å². The van der Waals surface area contributed by atoms with Gasteiger partial charge >= 0.3 is 0 Å². The van der Waals surface area contributed by atoms with Crippen LogP contribution < -0.4 is 4.74 Å². The van der Waals surface area contributed by atoms with Crippen LogP contribution in [0.2, 0.25) is 10.0 Å². The van der Waals surface area contributed by atoms with Gasteiger partial charge in [0.1, 0.15) is 11.9 Å². The van der Waals surface area contributed by atoms with Crippen LogP contribution in [0.15, 0.2) is 40.9 Å². The van der Waals surface area contributed by atoms with Crippen molar-refractivity contribution in [2.75, 3.05) is 0 Å². The maximum Gasteiger partial charge on any atom is 0.128 e. The lowest BCUT2D eigenvalue weighted by atomic mass is 9.95. The molecule has 0 fully saturated rings. The predicted molar refractivity (Wildman–Crippen MR) is 83.5 cm³/mol. The van der Waals surface area contributed by atoms with Gasteiger partial charge in [-0.25, -0.2) is 0 Å². The van der Waals surface area contributed by atoms with Crippen molar-refractivity contribution in [1.29, 1.82) is 0 Å². The molecule has 0 saturated heterocycles. The lowest BCUT2D eigenvalue weighted by Gasteiger charge is -2.30. The van der Waals surface area contributed by atoms with Gasteiger partial charge in [-0.1, -0.05) is 39.1 Å². The maximum absolute atomic E-state index is 10.3. The van der Waals surface area contributed by atoms with Crippen molar-refractivity contribution in [3.05, 3.63) is 62.0 Å². The highest BCUT2D eigenvalue weighted by molar-refractivity contribution is 9.10. The Morgan fingerprint density at radius 3 is 2.70 bits per heavy atom. The summed E-state index contributed by atoms with van der Waals surface area (Å²) in [5.41, 5.74) is 1.58. The highest BCUT2D eigenvalue weighted by Crippen LogP contribution is 2.43. The summed E-state index contributed by atoms with van der Waals surface area (Å²) < 4.78 is 6.88. The number of hydrogen-bond acceptors (Lipinski definition) is 2. The molecule has 0 bridgehead atoms. The van der Waals surface area contributed by atoms with Crippen LogP contribution in [0, 0.1) is 0 Å². The first-order chi connectivity index (χ1) is 9.54. The molecule has 2 aromatic carbocycles. The number of aliphatic hydroxyl groups is 1. The van der Waals surface area contributed by atoms with Crippen molar-refractivity contribution in [1.82, 2.24) is 0 Å². The number of halogens is 3. The standard InChI is InChI=1S/C15H11BrCl2O2/c16-8-1-3-12(18)10(5-8)15-7-13(19)11-6-9(17)2-4-14(11)20-15/h1-6,13,15,19H,7H2/t13-,15?/m1/s1. The van der Waals surface area contributed by atoms with Crippen LogP contribution in [0.3, 0.4) is 0 Å². The molecular weight excluding hydrogens is 363 g/mol. The van der Waals surface area contributed by atoms with Gasteiger partial charge in [0.2, 0.25) is 0 Å². The molecule has 2 atom stereocenters. The summed E-state index contributed by atoms with van der Waals surface area (Å²) in [6.45, 7) is 0. The monoisotopic (exact) mass is 372 g/mol. The van der Waals surface area contributed by atoms with E-state index in [9.17, 15) is 5.11 Å². The molecule has 5 heteroatoms. The highest BCUT2D eigenvalue weighted by Gasteiger charge is 2.29. The number of rotatable bonds is 1. The van der Waals surface area contributed by atoms with Gasteiger partial charge in [-0.15, -0.1) is 0 Å². The maximum atomic E-state index is 10.3. The molecule has 0 aromatic heterocycles. The molecule has 0 amide bonds. The predicted octanol–water partition coefficient (Wildman–Crippen LogP) is 5.31. The Morgan fingerprint density at radius 2 is 1.90 bits per heavy atom. The molecule has 2 aromatic rings. The smallest absolute Gasteiger partial charge is 0.128 e. The van der Waals surface area contributed by atoms with Gasteiger partial charge in [0.15, 0.2) is 0 Å². The zero-order valence-corrected chi connectivity index (χ0v) is 13.4. The van der Waals surface area contributed by atoms with E-state index in [1.807, 2.05) is 18.2 Å². The van der Waals surface area contributed by atoms with E-state index in [-0.39, 0.29) is 6.10 Å². The average molecular weight is 374 g/mol. The first-order valence-corrected chi connectivity index (χ1v) is 7.68. The number of hydrogen-bond donors (Lipinski definition) is 1. The number of ether oxygens (including phenoxy) is 1. The van der Waals surface area contributed by atoms with Gasteiger partial charge in [-0.05, 0) is 36.4 Å². The summed E-state index contributed by atoms with van der Waals surface area (Å²) in [7, 11) is 0. The van der Waals surface area contributed by atoms with Crippen LogP contribution in [0.25, 0.3) is 0 Å². The van der Waals surface area contributed by atoms with E-state index >= 15 is 0 Å². The molecule has 0 radical (unpaired) electrons. The zero-order chi connectivity index (χ0) is 14.3.